The van der Waals surface area contributed by atoms with Crippen LogP contribution in [0.3, 0.4) is 0 Å². The standard InChI is InChI=1S/C27H29N5O2/c1-31-13-10-18(11-14-31)20-6-8-23(25(16-20)33-2)29-27-28-17-21-7-9-24(32(21)30-27)22-5-3-4-19-12-15-34-26(19)22/h3-9,16-18H,10-15H2,1-2H3,(H,29,30). The minimum absolute atomic E-state index is 0.517. The second-order valence-electron chi connectivity index (χ2n) is 9.19. The van der Waals surface area contributed by atoms with Gasteiger partial charge < -0.3 is 19.7 Å². The summed E-state index contributed by atoms with van der Waals surface area (Å²) in [6, 6.07) is 16.8. The second-order valence-corrected chi connectivity index (χ2v) is 9.19. The Balaban J connectivity index is 1.31. The fourth-order valence-corrected chi connectivity index (χ4v) is 5.11. The number of hydrogen-bond donors (Lipinski definition) is 1. The summed E-state index contributed by atoms with van der Waals surface area (Å²) >= 11 is 0. The van der Waals surface area contributed by atoms with Crippen LogP contribution in [0, 0.1) is 0 Å². The summed E-state index contributed by atoms with van der Waals surface area (Å²) in [6.07, 6.45) is 5.13. The number of anilines is 2. The fraction of sp³-hybridized carbons (Fsp3) is 0.333. The molecule has 1 fully saturated rings. The van der Waals surface area contributed by atoms with Crippen molar-refractivity contribution in [1.82, 2.24) is 19.5 Å². The topological polar surface area (TPSA) is 63.9 Å². The highest BCUT2D eigenvalue weighted by Crippen LogP contribution is 2.38. The normalized spacial score (nSPS) is 16.4. The molecule has 4 heterocycles. The zero-order chi connectivity index (χ0) is 23.1. The number of benzene rings is 2. The van der Waals surface area contributed by atoms with E-state index in [2.05, 4.69) is 64.7 Å². The van der Waals surface area contributed by atoms with E-state index in [1.54, 1.807) is 7.11 Å². The molecule has 2 aliphatic heterocycles. The second kappa shape index (κ2) is 8.65. The van der Waals surface area contributed by atoms with Crippen LogP contribution in [0.25, 0.3) is 16.8 Å². The number of para-hydroxylation sites is 1. The number of nitrogens with one attached hydrogen (secondary N) is 1. The molecule has 4 aromatic rings. The van der Waals surface area contributed by atoms with Crippen LogP contribution >= 0.6 is 0 Å². The molecular formula is C27H29N5O2. The number of rotatable bonds is 5. The molecule has 7 nitrogen and oxygen atoms in total. The van der Waals surface area contributed by atoms with Crippen LogP contribution in [-0.4, -0.2) is 53.4 Å². The van der Waals surface area contributed by atoms with E-state index in [9.17, 15) is 0 Å². The first-order valence-electron chi connectivity index (χ1n) is 11.9. The Hall–Kier alpha value is -3.58. The zero-order valence-electron chi connectivity index (χ0n) is 19.6. The Bertz CT molecular complexity index is 1340. The van der Waals surface area contributed by atoms with E-state index in [-0.39, 0.29) is 0 Å². The lowest BCUT2D eigenvalue weighted by Crippen LogP contribution is -2.29. The number of fused-ring (bicyclic) bond motifs is 2. The largest absolute Gasteiger partial charge is 0.495 e. The Labute approximate surface area is 199 Å². The Morgan fingerprint density at radius 3 is 2.82 bits per heavy atom. The van der Waals surface area contributed by atoms with Gasteiger partial charge in [-0.3, -0.25) is 0 Å². The lowest BCUT2D eigenvalue weighted by atomic mass is 9.89. The average molecular weight is 456 g/mol. The molecule has 0 radical (unpaired) electrons. The van der Waals surface area contributed by atoms with Crippen LogP contribution in [0.4, 0.5) is 11.6 Å². The monoisotopic (exact) mass is 455 g/mol. The van der Waals surface area contributed by atoms with Gasteiger partial charge in [0.1, 0.15) is 11.5 Å². The molecule has 0 atom stereocenters. The first-order chi connectivity index (χ1) is 16.7. The molecule has 1 saturated heterocycles. The van der Waals surface area contributed by atoms with Gasteiger partial charge in [-0.15, -0.1) is 5.10 Å². The summed E-state index contributed by atoms with van der Waals surface area (Å²) < 4.78 is 13.6. The zero-order valence-corrected chi connectivity index (χ0v) is 19.6. The summed E-state index contributed by atoms with van der Waals surface area (Å²) in [4.78, 5) is 6.93. The molecule has 0 bridgehead atoms. The maximum Gasteiger partial charge on any atom is 0.245 e. The van der Waals surface area contributed by atoms with E-state index in [0.717, 1.165) is 60.1 Å². The molecule has 2 aliphatic rings. The molecule has 0 amide bonds. The van der Waals surface area contributed by atoms with Gasteiger partial charge in [0.25, 0.3) is 0 Å². The van der Waals surface area contributed by atoms with Gasteiger partial charge in [0.15, 0.2) is 0 Å². The number of aromatic nitrogens is 3. The molecular weight excluding hydrogens is 426 g/mol. The van der Waals surface area contributed by atoms with E-state index in [1.165, 1.54) is 24.0 Å². The van der Waals surface area contributed by atoms with Crippen molar-refractivity contribution in [1.29, 1.82) is 0 Å². The van der Waals surface area contributed by atoms with Gasteiger partial charge in [-0.1, -0.05) is 18.2 Å². The van der Waals surface area contributed by atoms with Crippen molar-refractivity contribution in [2.45, 2.75) is 25.2 Å². The number of piperidine rings is 1. The molecule has 0 aliphatic carbocycles. The van der Waals surface area contributed by atoms with Gasteiger partial charge in [-0.2, -0.15) is 0 Å². The third kappa shape index (κ3) is 3.76. The molecule has 1 N–H and O–H groups in total. The van der Waals surface area contributed by atoms with Crippen molar-refractivity contribution in [3.05, 3.63) is 65.9 Å². The number of nitrogens with zero attached hydrogens (tertiary/aromatic N) is 4. The van der Waals surface area contributed by atoms with Crippen molar-refractivity contribution in [2.75, 3.05) is 39.2 Å². The Kier molecular flexibility index (Phi) is 5.34. The summed E-state index contributed by atoms with van der Waals surface area (Å²) in [6.45, 7) is 3.00. The molecule has 0 unspecified atom stereocenters. The van der Waals surface area contributed by atoms with Crippen LogP contribution in [0.1, 0.15) is 29.9 Å². The van der Waals surface area contributed by atoms with Crippen molar-refractivity contribution in [3.63, 3.8) is 0 Å². The minimum Gasteiger partial charge on any atom is -0.495 e. The summed E-state index contributed by atoms with van der Waals surface area (Å²) in [7, 11) is 3.90. The molecule has 2 aromatic heterocycles. The van der Waals surface area contributed by atoms with Crippen LogP contribution in [0.15, 0.2) is 54.7 Å². The predicted molar refractivity (Wildman–Crippen MR) is 133 cm³/mol. The van der Waals surface area contributed by atoms with Gasteiger partial charge in [0.2, 0.25) is 5.95 Å². The summed E-state index contributed by atoms with van der Waals surface area (Å²) in [5, 5.41) is 8.17. The van der Waals surface area contributed by atoms with Gasteiger partial charge >= 0.3 is 0 Å². The maximum absolute atomic E-state index is 5.93. The smallest absolute Gasteiger partial charge is 0.245 e. The van der Waals surface area contributed by atoms with Crippen molar-refractivity contribution in [3.8, 4) is 22.8 Å². The average Bonchev–Trinajstić information content (AvgIpc) is 3.52. The first kappa shape index (κ1) is 21.0. The van der Waals surface area contributed by atoms with E-state index in [4.69, 9.17) is 14.6 Å². The molecule has 7 heteroatoms. The van der Waals surface area contributed by atoms with Gasteiger partial charge in [-0.05, 0) is 80.4 Å². The lowest BCUT2D eigenvalue weighted by molar-refractivity contribution is 0.255. The highest BCUT2D eigenvalue weighted by Gasteiger charge is 2.21. The van der Waals surface area contributed by atoms with Gasteiger partial charge in [0, 0.05) is 12.0 Å². The van der Waals surface area contributed by atoms with Crippen LogP contribution in [0.5, 0.6) is 11.5 Å². The molecule has 0 spiro atoms. The SMILES string of the molecule is COc1cc(C2CCN(C)CC2)ccc1Nc1ncc2ccc(-c3cccc4c3OCC4)n2n1. The first-order valence-corrected chi connectivity index (χ1v) is 11.9. The maximum atomic E-state index is 5.93. The number of methoxy groups -OCH3 is 1. The van der Waals surface area contributed by atoms with Crippen molar-refractivity contribution < 1.29 is 9.47 Å². The van der Waals surface area contributed by atoms with Crippen molar-refractivity contribution >= 4 is 17.2 Å². The van der Waals surface area contributed by atoms with E-state index < -0.39 is 0 Å². The third-order valence-corrected chi connectivity index (χ3v) is 7.05. The van der Waals surface area contributed by atoms with Gasteiger partial charge in [0.05, 0.1) is 36.8 Å². The minimum atomic E-state index is 0.517. The molecule has 174 valence electrons. The summed E-state index contributed by atoms with van der Waals surface area (Å²) in [5.41, 5.74) is 6.41. The third-order valence-electron chi connectivity index (χ3n) is 7.05. The van der Waals surface area contributed by atoms with E-state index in [0.29, 0.717) is 11.9 Å². The van der Waals surface area contributed by atoms with Crippen LogP contribution in [0.2, 0.25) is 0 Å². The van der Waals surface area contributed by atoms with Crippen molar-refractivity contribution in [2.24, 2.45) is 0 Å². The highest BCUT2D eigenvalue weighted by atomic mass is 16.5. The predicted octanol–water partition coefficient (Wildman–Crippen LogP) is 4.89. The van der Waals surface area contributed by atoms with E-state index in [1.807, 2.05) is 16.8 Å². The number of hydrogen-bond acceptors (Lipinski definition) is 6. The van der Waals surface area contributed by atoms with Gasteiger partial charge in [-0.25, -0.2) is 9.50 Å². The number of likely N-dealkylation sites (tertiary alicyclic amines) is 1. The van der Waals surface area contributed by atoms with E-state index >= 15 is 0 Å². The van der Waals surface area contributed by atoms with Crippen LogP contribution in [-0.2, 0) is 6.42 Å². The summed E-state index contributed by atoms with van der Waals surface area (Å²) in [5.74, 6) is 2.86. The highest BCUT2D eigenvalue weighted by molar-refractivity contribution is 5.74. The number of ether oxygens (including phenoxy) is 2. The molecule has 2 aromatic carbocycles. The quantitative estimate of drug-likeness (QED) is 0.462. The Morgan fingerprint density at radius 1 is 1.09 bits per heavy atom. The molecule has 6 rings (SSSR count). The molecule has 0 saturated carbocycles. The fourth-order valence-electron chi connectivity index (χ4n) is 5.11. The molecule has 34 heavy (non-hydrogen) atoms. The Morgan fingerprint density at radius 2 is 1.97 bits per heavy atom. The lowest BCUT2D eigenvalue weighted by Gasteiger charge is -2.29. The van der Waals surface area contributed by atoms with Crippen LogP contribution < -0.4 is 14.8 Å².